The van der Waals surface area contributed by atoms with Gasteiger partial charge in [-0.3, -0.25) is 9.59 Å². The van der Waals surface area contributed by atoms with E-state index in [-0.39, 0.29) is 24.1 Å². The first-order valence-corrected chi connectivity index (χ1v) is 7.45. The third-order valence-electron chi connectivity index (χ3n) is 4.03. The molecule has 2 atom stereocenters. The van der Waals surface area contributed by atoms with Crippen molar-refractivity contribution in [2.24, 2.45) is 17.6 Å². The number of nitrogens with zero attached hydrogens (tertiary/aromatic N) is 1. The van der Waals surface area contributed by atoms with Crippen molar-refractivity contribution in [3.63, 3.8) is 0 Å². The van der Waals surface area contributed by atoms with E-state index in [1.165, 1.54) is 6.26 Å². The van der Waals surface area contributed by atoms with E-state index in [1.54, 1.807) is 17.0 Å². The molecule has 23 heavy (non-hydrogen) atoms. The molecule has 6 nitrogen and oxygen atoms in total. The number of hydrogen-bond acceptors (Lipinski definition) is 4. The third kappa shape index (κ3) is 3.36. The van der Waals surface area contributed by atoms with Crippen LogP contribution in [0.25, 0.3) is 0 Å². The maximum absolute atomic E-state index is 12.3. The molecule has 1 aliphatic rings. The lowest BCUT2D eigenvalue weighted by molar-refractivity contribution is -0.122. The molecule has 0 saturated carbocycles. The summed E-state index contributed by atoms with van der Waals surface area (Å²) in [5.74, 6) is -0.210. The van der Waals surface area contributed by atoms with Crippen molar-refractivity contribution in [2.75, 3.05) is 19.7 Å². The smallest absolute Gasteiger partial charge is 0.289 e. The van der Waals surface area contributed by atoms with Crippen LogP contribution in [0.15, 0.2) is 53.1 Å². The van der Waals surface area contributed by atoms with Gasteiger partial charge in [0, 0.05) is 19.0 Å². The number of amides is 2. The van der Waals surface area contributed by atoms with Gasteiger partial charge in [-0.05, 0) is 24.3 Å². The molecule has 6 heteroatoms. The van der Waals surface area contributed by atoms with Gasteiger partial charge < -0.3 is 19.8 Å². The third-order valence-corrected chi connectivity index (χ3v) is 4.03. The molecule has 1 fully saturated rings. The molecule has 1 aromatic carbocycles. The van der Waals surface area contributed by atoms with Crippen molar-refractivity contribution >= 4 is 11.8 Å². The molecule has 3 rings (SSSR count). The number of benzene rings is 1. The largest absolute Gasteiger partial charge is 0.493 e. The molecule has 1 saturated heterocycles. The number of nitrogens with two attached hydrogens (primary N) is 1. The van der Waals surface area contributed by atoms with Gasteiger partial charge >= 0.3 is 0 Å². The van der Waals surface area contributed by atoms with E-state index < -0.39 is 11.8 Å². The molecule has 0 aliphatic carbocycles. The van der Waals surface area contributed by atoms with Gasteiger partial charge in [-0.15, -0.1) is 0 Å². The summed E-state index contributed by atoms with van der Waals surface area (Å²) in [6.07, 6.45) is 1.45. The monoisotopic (exact) mass is 314 g/mol. The van der Waals surface area contributed by atoms with Crippen LogP contribution in [-0.4, -0.2) is 36.4 Å². The standard InChI is InChI=1S/C17H18N2O4/c18-16(20)14-10-19(17(21)15-7-4-8-22-15)9-12(14)11-23-13-5-2-1-3-6-13/h1-8,12,14H,9-11H2,(H2,18,20)/t12-,14+/m0/s1. The zero-order chi connectivity index (χ0) is 16.2. The quantitative estimate of drug-likeness (QED) is 0.907. The van der Waals surface area contributed by atoms with Crippen LogP contribution in [0.3, 0.4) is 0 Å². The zero-order valence-corrected chi connectivity index (χ0v) is 12.6. The first-order valence-electron chi connectivity index (χ1n) is 7.45. The van der Waals surface area contributed by atoms with Crippen LogP contribution in [0.1, 0.15) is 10.6 Å². The second-order valence-electron chi connectivity index (χ2n) is 5.58. The Hall–Kier alpha value is -2.76. The maximum Gasteiger partial charge on any atom is 0.289 e. The summed E-state index contributed by atoms with van der Waals surface area (Å²) in [7, 11) is 0. The van der Waals surface area contributed by atoms with Crippen molar-refractivity contribution in [2.45, 2.75) is 0 Å². The van der Waals surface area contributed by atoms with E-state index in [0.29, 0.717) is 13.2 Å². The van der Waals surface area contributed by atoms with Crippen LogP contribution in [0.4, 0.5) is 0 Å². The van der Waals surface area contributed by atoms with Gasteiger partial charge in [0.05, 0.1) is 18.8 Å². The number of primary amides is 1. The van der Waals surface area contributed by atoms with E-state index >= 15 is 0 Å². The Kier molecular flexibility index (Phi) is 4.32. The zero-order valence-electron chi connectivity index (χ0n) is 12.6. The van der Waals surface area contributed by atoms with Gasteiger partial charge in [-0.2, -0.15) is 0 Å². The van der Waals surface area contributed by atoms with Crippen molar-refractivity contribution in [3.05, 3.63) is 54.5 Å². The van der Waals surface area contributed by atoms with Crippen molar-refractivity contribution in [1.29, 1.82) is 0 Å². The van der Waals surface area contributed by atoms with Crippen LogP contribution in [-0.2, 0) is 4.79 Å². The van der Waals surface area contributed by atoms with Crippen LogP contribution >= 0.6 is 0 Å². The van der Waals surface area contributed by atoms with Crippen molar-refractivity contribution < 1.29 is 18.7 Å². The molecule has 0 spiro atoms. The predicted octanol–water partition coefficient (Wildman–Crippen LogP) is 1.53. The summed E-state index contributed by atoms with van der Waals surface area (Å²) in [5, 5.41) is 0. The Morgan fingerprint density at radius 3 is 2.61 bits per heavy atom. The Balaban J connectivity index is 1.66. The topological polar surface area (TPSA) is 85.8 Å². The highest BCUT2D eigenvalue weighted by Gasteiger charge is 2.39. The lowest BCUT2D eigenvalue weighted by Crippen LogP contribution is -2.32. The minimum atomic E-state index is -0.419. The molecule has 2 amide bonds. The highest BCUT2D eigenvalue weighted by atomic mass is 16.5. The molecular formula is C17H18N2O4. The number of carbonyl (C=O) groups excluding carboxylic acids is 2. The summed E-state index contributed by atoms with van der Waals surface area (Å²) in [4.78, 5) is 25.6. The summed E-state index contributed by atoms with van der Waals surface area (Å²) in [5.41, 5.74) is 5.48. The predicted molar refractivity (Wildman–Crippen MR) is 82.7 cm³/mol. The van der Waals surface area contributed by atoms with Gasteiger partial charge in [-0.25, -0.2) is 0 Å². The van der Waals surface area contributed by atoms with Crippen LogP contribution in [0.5, 0.6) is 5.75 Å². The fourth-order valence-corrected chi connectivity index (χ4v) is 2.80. The van der Waals surface area contributed by atoms with E-state index in [1.807, 2.05) is 30.3 Å². The first-order chi connectivity index (χ1) is 11.1. The van der Waals surface area contributed by atoms with Gasteiger partial charge in [0.15, 0.2) is 5.76 Å². The highest BCUT2D eigenvalue weighted by molar-refractivity contribution is 5.92. The number of para-hydroxylation sites is 1. The van der Waals surface area contributed by atoms with Gasteiger partial charge in [0.2, 0.25) is 5.91 Å². The lowest BCUT2D eigenvalue weighted by atomic mass is 9.96. The number of rotatable bonds is 5. The number of ether oxygens (including phenoxy) is 1. The van der Waals surface area contributed by atoms with Crippen molar-refractivity contribution in [1.82, 2.24) is 4.90 Å². The fraction of sp³-hybridized carbons (Fsp3) is 0.294. The molecule has 1 aliphatic heterocycles. The van der Waals surface area contributed by atoms with Crippen molar-refractivity contribution in [3.8, 4) is 5.75 Å². The molecule has 120 valence electrons. The Morgan fingerprint density at radius 2 is 1.96 bits per heavy atom. The summed E-state index contributed by atoms with van der Waals surface area (Å²) in [6, 6.07) is 12.6. The van der Waals surface area contributed by atoms with Crippen LogP contribution < -0.4 is 10.5 Å². The Labute approximate surface area is 133 Å². The average molecular weight is 314 g/mol. The van der Waals surface area contributed by atoms with Gasteiger partial charge in [0.25, 0.3) is 5.91 Å². The highest BCUT2D eigenvalue weighted by Crippen LogP contribution is 2.26. The van der Waals surface area contributed by atoms with Gasteiger partial charge in [0.1, 0.15) is 5.75 Å². The molecule has 2 aromatic rings. The molecular weight excluding hydrogens is 296 g/mol. The molecule has 0 radical (unpaired) electrons. The fourth-order valence-electron chi connectivity index (χ4n) is 2.80. The second-order valence-corrected chi connectivity index (χ2v) is 5.58. The Bertz CT molecular complexity index is 669. The number of furan rings is 1. The number of carbonyl (C=O) groups is 2. The number of hydrogen-bond donors (Lipinski definition) is 1. The summed E-state index contributed by atoms with van der Waals surface area (Å²) in [6.45, 7) is 1.04. The normalized spacial score (nSPS) is 20.4. The van der Waals surface area contributed by atoms with E-state index in [4.69, 9.17) is 14.9 Å². The summed E-state index contributed by atoms with van der Waals surface area (Å²) < 4.78 is 10.8. The molecule has 0 unspecified atom stereocenters. The van der Waals surface area contributed by atoms with E-state index in [2.05, 4.69) is 0 Å². The lowest BCUT2D eigenvalue weighted by Gasteiger charge is -2.16. The minimum Gasteiger partial charge on any atom is -0.493 e. The first kappa shape index (κ1) is 15.1. The molecule has 1 aromatic heterocycles. The van der Waals surface area contributed by atoms with E-state index in [9.17, 15) is 9.59 Å². The van der Waals surface area contributed by atoms with Gasteiger partial charge in [-0.1, -0.05) is 18.2 Å². The Morgan fingerprint density at radius 1 is 1.17 bits per heavy atom. The van der Waals surface area contributed by atoms with E-state index in [0.717, 1.165) is 5.75 Å². The number of likely N-dealkylation sites (tertiary alicyclic amines) is 1. The molecule has 0 bridgehead atoms. The molecule has 2 heterocycles. The SMILES string of the molecule is NC(=O)[C@@H]1CN(C(=O)c2ccco2)C[C@H]1COc1ccccc1. The van der Waals surface area contributed by atoms with Crippen LogP contribution in [0.2, 0.25) is 0 Å². The molecule has 2 N–H and O–H groups in total. The average Bonchev–Trinajstić information content (AvgIpc) is 3.23. The summed E-state index contributed by atoms with van der Waals surface area (Å²) >= 11 is 0. The van der Waals surface area contributed by atoms with Crippen LogP contribution in [0, 0.1) is 11.8 Å². The minimum absolute atomic E-state index is 0.133. The second kappa shape index (κ2) is 6.56. The maximum atomic E-state index is 12.3.